The molecule has 0 atom stereocenters. The van der Waals surface area contributed by atoms with Crippen LogP contribution < -0.4 is 37.9 Å². The van der Waals surface area contributed by atoms with E-state index in [9.17, 15) is 19.2 Å². The van der Waals surface area contributed by atoms with E-state index in [1.54, 1.807) is 121 Å². The normalized spacial score (nSPS) is 12.6. The standard InChI is InChI=1S/C100H144O18/c1-5-9-13-17-21-25-29-33-37-41-65-107-89-57-49-81(50-58-89)97(101)115-77-85-45-46-86(78-116-98(102)82-51-59-90(60-52-82)108-66-42-38-34-30-26-22-18-14-10-6-2)94-93(85)111-73-69-105-71-75-113-95-87(79-117-99(103)83-53-61-91(62-54-83)109-67-43-39-35-31-27-23-19-15-11-7-3)47-48-88(96(95)114-76-72-106-70-74-112-94)80-118-100(104)84-55-63-92(64-56-84)110-68-44-40-36-32-28-24-20-16-12-8-4/h45-64H,5-44,65-80H2,1-4H3. The summed E-state index contributed by atoms with van der Waals surface area (Å²) in [5.41, 5.74) is 3.34. The van der Waals surface area contributed by atoms with Crippen LogP contribution in [0.3, 0.4) is 0 Å². The van der Waals surface area contributed by atoms with Crippen LogP contribution in [0.4, 0.5) is 0 Å². The van der Waals surface area contributed by atoms with Crippen molar-refractivity contribution in [3.05, 3.63) is 166 Å². The summed E-state index contributed by atoms with van der Waals surface area (Å²) < 4.78 is 86.9. The lowest BCUT2D eigenvalue weighted by molar-refractivity contribution is 0.0429. The van der Waals surface area contributed by atoms with Gasteiger partial charge in [0, 0.05) is 22.3 Å². The first kappa shape index (κ1) is 96.6. The average Bonchev–Trinajstić information content (AvgIpc) is 0.814. The Morgan fingerprint density at radius 3 is 0.568 bits per heavy atom. The molecule has 6 aromatic carbocycles. The van der Waals surface area contributed by atoms with E-state index in [0.29, 0.717) is 93.9 Å². The molecule has 6 aromatic rings. The highest BCUT2D eigenvalue weighted by atomic mass is 16.6. The number of ether oxygens (including phenoxy) is 14. The molecular weight excluding hydrogens is 1490 g/mol. The Morgan fingerprint density at radius 1 is 0.220 bits per heavy atom. The quantitative estimate of drug-likeness (QED) is 0.0198. The molecule has 0 saturated heterocycles. The van der Waals surface area contributed by atoms with Crippen LogP contribution in [0.2, 0.25) is 0 Å². The van der Waals surface area contributed by atoms with E-state index in [1.807, 2.05) is 0 Å². The van der Waals surface area contributed by atoms with Crippen molar-refractivity contribution in [2.75, 3.05) is 79.3 Å². The van der Waals surface area contributed by atoms with E-state index in [2.05, 4.69) is 27.7 Å². The third-order valence-electron chi connectivity index (χ3n) is 21.3. The Labute approximate surface area is 707 Å². The van der Waals surface area contributed by atoms with E-state index in [-0.39, 0.29) is 102 Å². The zero-order valence-corrected chi connectivity index (χ0v) is 72.5. The predicted octanol–water partition coefficient (Wildman–Crippen LogP) is 25.6. The lowest BCUT2D eigenvalue weighted by Crippen LogP contribution is -2.18. The Balaban J connectivity index is 1.02. The van der Waals surface area contributed by atoms with Gasteiger partial charge in [-0.25, -0.2) is 19.2 Å². The molecule has 0 aliphatic carbocycles. The molecule has 118 heavy (non-hydrogen) atoms. The van der Waals surface area contributed by atoms with Crippen molar-refractivity contribution in [3.63, 3.8) is 0 Å². The summed E-state index contributed by atoms with van der Waals surface area (Å²) in [6.45, 7) is 10.9. The number of fused-ring (bicyclic) bond motifs is 2. The number of carbonyl (C=O) groups is 4. The fraction of sp³-hybridized carbons (Fsp3) is 0.600. The van der Waals surface area contributed by atoms with Gasteiger partial charge in [-0.05, 0) is 123 Å². The molecule has 652 valence electrons. The van der Waals surface area contributed by atoms with Crippen LogP contribution in [0.1, 0.15) is 348 Å². The summed E-state index contributed by atoms with van der Waals surface area (Å²) in [6.07, 6.45) is 49.5. The van der Waals surface area contributed by atoms with Crippen LogP contribution in [0.5, 0.6) is 46.0 Å². The van der Waals surface area contributed by atoms with Crippen molar-refractivity contribution in [2.45, 2.75) is 311 Å². The highest BCUT2D eigenvalue weighted by molar-refractivity contribution is 5.91. The Bertz CT molecular complexity index is 3140. The fourth-order valence-electron chi connectivity index (χ4n) is 14.2. The van der Waals surface area contributed by atoms with Gasteiger partial charge in [-0.2, -0.15) is 0 Å². The maximum atomic E-state index is 13.8. The maximum Gasteiger partial charge on any atom is 0.338 e. The Hall–Kier alpha value is -8.48. The minimum atomic E-state index is -0.550. The zero-order chi connectivity index (χ0) is 83.2. The largest absolute Gasteiger partial charge is 0.494 e. The molecule has 18 nitrogen and oxygen atoms in total. The molecule has 0 N–H and O–H groups in total. The van der Waals surface area contributed by atoms with E-state index in [0.717, 1.165) is 51.4 Å². The smallest absolute Gasteiger partial charge is 0.338 e. The molecule has 0 radical (unpaired) electrons. The number of esters is 4. The highest BCUT2D eigenvalue weighted by Crippen LogP contribution is 2.39. The molecule has 0 spiro atoms. The van der Waals surface area contributed by atoms with Gasteiger partial charge in [0.25, 0.3) is 0 Å². The fourth-order valence-corrected chi connectivity index (χ4v) is 14.2. The molecule has 0 bridgehead atoms. The second-order valence-electron chi connectivity index (χ2n) is 31.2. The number of hydrogen-bond acceptors (Lipinski definition) is 18. The van der Waals surface area contributed by atoms with E-state index < -0.39 is 23.9 Å². The summed E-state index contributed by atoms with van der Waals surface area (Å²) >= 11 is 0. The molecular formula is C100H144O18. The monoisotopic (exact) mass is 1630 g/mol. The third kappa shape index (κ3) is 40.5. The summed E-state index contributed by atoms with van der Waals surface area (Å²) in [5, 5.41) is 0. The minimum Gasteiger partial charge on any atom is -0.494 e. The number of rotatable bonds is 60. The van der Waals surface area contributed by atoms with Crippen LogP contribution in [-0.4, -0.2) is 103 Å². The second kappa shape index (κ2) is 62.6. The van der Waals surface area contributed by atoms with E-state index in [4.69, 9.17) is 66.3 Å². The van der Waals surface area contributed by atoms with Crippen molar-refractivity contribution >= 4 is 23.9 Å². The summed E-state index contributed by atoms with van der Waals surface area (Å²) in [5.74, 6) is 1.56. The number of benzene rings is 6. The SMILES string of the molecule is CCCCCCCCCCCCOc1ccc(C(=O)OCc2ccc(COC(=O)c3ccc(OCCCCCCCCCCCC)cc3)c3c2OCCOCCOc2c(COC(=O)c4ccc(OCCCCCCCCCCCC)cc4)ccc(COC(=O)c4ccc(OCCCCCCCCCCCC)cc4)c2OCCOCCO3)cc1. The van der Waals surface area contributed by atoms with Crippen molar-refractivity contribution < 1.29 is 85.5 Å². The van der Waals surface area contributed by atoms with Crippen molar-refractivity contribution in [2.24, 2.45) is 0 Å². The second-order valence-corrected chi connectivity index (χ2v) is 31.2. The number of unbranched alkanes of at least 4 members (excludes halogenated alkanes) is 36. The minimum absolute atomic E-state index is 0.00325. The lowest BCUT2D eigenvalue weighted by atomic mass is 10.1. The van der Waals surface area contributed by atoms with Crippen molar-refractivity contribution in [1.82, 2.24) is 0 Å². The topological polar surface area (TPSA) is 197 Å². The first-order chi connectivity index (χ1) is 58.2. The van der Waals surface area contributed by atoms with E-state index in [1.165, 1.54) is 205 Å². The first-order valence-corrected chi connectivity index (χ1v) is 45.7. The number of carbonyl (C=O) groups excluding carboxylic acids is 4. The van der Waals surface area contributed by atoms with Gasteiger partial charge in [0.1, 0.15) is 75.9 Å². The van der Waals surface area contributed by atoms with Crippen molar-refractivity contribution in [3.8, 4) is 46.0 Å². The van der Waals surface area contributed by atoms with Gasteiger partial charge in [0.05, 0.1) is 75.1 Å². The van der Waals surface area contributed by atoms with Gasteiger partial charge in [0.15, 0.2) is 23.0 Å². The van der Waals surface area contributed by atoms with Gasteiger partial charge in [-0.1, -0.05) is 283 Å². The Morgan fingerprint density at radius 2 is 0.390 bits per heavy atom. The van der Waals surface area contributed by atoms with Crippen LogP contribution >= 0.6 is 0 Å². The predicted molar refractivity (Wildman–Crippen MR) is 468 cm³/mol. The molecule has 1 aliphatic heterocycles. The Kier molecular flexibility index (Phi) is 51.3. The third-order valence-corrected chi connectivity index (χ3v) is 21.3. The highest BCUT2D eigenvalue weighted by Gasteiger charge is 2.24. The van der Waals surface area contributed by atoms with Crippen LogP contribution in [0, 0.1) is 0 Å². The maximum absolute atomic E-state index is 13.8. The molecule has 0 aromatic heterocycles. The van der Waals surface area contributed by atoms with Crippen molar-refractivity contribution in [1.29, 1.82) is 0 Å². The first-order valence-electron chi connectivity index (χ1n) is 45.7. The van der Waals surface area contributed by atoms with E-state index >= 15 is 0 Å². The number of hydrogen-bond donors (Lipinski definition) is 0. The molecule has 0 saturated carbocycles. The zero-order valence-electron chi connectivity index (χ0n) is 72.5. The molecule has 1 heterocycles. The summed E-state index contributed by atoms with van der Waals surface area (Å²) in [4.78, 5) is 55.2. The van der Waals surface area contributed by atoms with Gasteiger partial charge < -0.3 is 66.3 Å². The summed E-state index contributed by atoms with van der Waals surface area (Å²) in [7, 11) is 0. The van der Waals surface area contributed by atoms with Crippen LogP contribution in [-0.2, 0) is 54.8 Å². The van der Waals surface area contributed by atoms with Gasteiger partial charge in [-0.15, -0.1) is 0 Å². The molecule has 0 amide bonds. The molecule has 7 rings (SSSR count). The van der Waals surface area contributed by atoms with Gasteiger partial charge in [0.2, 0.25) is 0 Å². The van der Waals surface area contributed by atoms with Gasteiger partial charge in [-0.3, -0.25) is 0 Å². The summed E-state index contributed by atoms with van der Waals surface area (Å²) in [6, 6.07) is 34.9. The molecule has 0 fully saturated rings. The average molecular weight is 1630 g/mol. The molecule has 0 unspecified atom stereocenters. The lowest BCUT2D eigenvalue weighted by Gasteiger charge is -2.21. The molecule has 1 aliphatic rings. The molecule has 18 heteroatoms. The van der Waals surface area contributed by atoms with Gasteiger partial charge >= 0.3 is 23.9 Å². The van der Waals surface area contributed by atoms with Crippen LogP contribution in [0.15, 0.2) is 121 Å². The van der Waals surface area contributed by atoms with Crippen LogP contribution in [0.25, 0.3) is 0 Å².